The number of ether oxygens (including phenoxy) is 2. The van der Waals surface area contributed by atoms with Crippen molar-refractivity contribution in [3.05, 3.63) is 120 Å². The van der Waals surface area contributed by atoms with Gasteiger partial charge in [0.05, 0.1) is 6.61 Å². The van der Waals surface area contributed by atoms with E-state index in [0.29, 0.717) is 5.56 Å². The number of nitrogens with one attached hydrogen (secondary N) is 2. The Morgan fingerprint density at radius 1 is 0.750 bits per heavy atom. The molecule has 2 atom stereocenters. The Labute approximate surface area is 254 Å². The van der Waals surface area contributed by atoms with Crippen LogP contribution in [0.2, 0.25) is 0 Å². The van der Waals surface area contributed by atoms with E-state index in [1.54, 1.807) is 31.2 Å². The molecule has 44 heavy (non-hydrogen) atoms. The fraction of sp³-hybridized carbons (Fsp3) is 0.200. The molecule has 4 aromatic rings. The molecule has 0 aliphatic heterocycles. The monoisotopic (exact) mass is 592 g/mol. The van der Waals surface area contributed by atoms with Gasteiger partial charge in [-0.25, -0.2) is 9.59 Å². The summed E-state index contributed by atoms with van der Waals surface area (Å²) in [6.45, 7) is 1.15. The van der Waals surface area contributed by atoms with Gasteiger partial charge in [-0.3, -0.25) is 9.59 Å². The van der Waals surface area contributed by atoms with Crippen LogP contribution in [-0.2, 0) is 23.9 Å². The number of amides is 2. The summed E-state index contributed by atoms with van der Waals surface area (Å²) in [4.78, 5) is 50.6. The van der Waals surface area contributed by atoms with Gasteiger partial charge in [0.1, 0.15) is 25.1 Å². The highest BCUT2D eigenvalue weighted by molar-refractivity contribution is 5.92. The van der Waals surface area contributed by atoms with Gasteiger partial charge in [-0.15, -0.1) is 0 Å². The lowest BCUT2D eigenvalue weighted by atomic mass is 9.90. The predicted molar refractivity (Wildman–Crippen MR) is 164 cm³/mol. The zero-order chi connectivity index (χ0) is 31.1. The first-order valence-electron chi connectivity index (χ1n) is 14.3. The summed E-state index contributed by atoms with van der Waals surface area (Å²) in [5.41, 5.74) is 6.45. The lowest BCUT2D eigenvalue weighted by molar-refractivity contribution is -0.152. The number of hydrogen-bond acceptors (Lipinski definition) is 6. The lowest BCUT2D eigenvalue weighted by Gasteiger charge is -2.24. The smallest absolute Gasteiger partial charge is 0.407 e. The molecule has 0 bridgehead atoms. The van der Waals surface area contributed by atoms with Gasteiger partial charge in [0.25, 0.3) is 0 Å². The van der Waals surface area contributed by atoms with Gasteiger partial charge < -0.3 is 25.2 Å². The number of fused-ring (bicyclic) bond motifs is 3. The Balaban J connectivity index is 1.22. The normalized spacial score (nSPS) is 13.1. The van der Waals surface area contributed by atoms with Gasteiger partial charge in [0, 0.05) is 5.92 Å². The average molecular weight is 593 g/mol. The SMILES string of the molecule is CCOC(=O)C(c1ccc(-c2ccccc2)cc1)C(NC(=O)CNC(=O)OCC1c2ccccc2-c2ccccc21)C(=O)O. The van der Waals surface area contributed by atoms with Crippen LogP contribution in [0.25, 0.3) is 22.3 Å². The molecular formula is C35H32N2O7. The maximum atomic E-state index is 13.0. The third kappa shape index (κ3) is 6.62. The summed E-state index contributed by atoms with van der Waals surface area (Å²) in [5.74, 6) is -4.50. The number of alkyl carbamates (subject to hydrolysis) is 1. The van der Waals surface area contributed by atoms with Gasteiger partial charge in [-0.2, -0.15) is 0 Å². The summed E-state index contributed by atoms with van der Waals surface area (Å²) in [7, 11) is 0. The summed E-state index contributed by atoms with van der Waals surface area (Å²) in [6.07, 6.45) is -0.827. The molecule has 9 nitrogen and oxygen atoms in total. The van der Waals surface area contributed by atoms with E-state index in [1.807, 2.05) is 78.9 Å². The second-order valence-corrected chi connectivity index (χ2v) is 10.3. The van der Waals surface area contributed by atoms with Crippen LogP contribution < -0.4 is 10.6 Å². The Bertz CT molecular complexity index is 1610. The Kier molecular flexibility index (Phi) is 9.34. The van der Waals surface area contributed by atoms with Crippen LogP contribution in [0.1, 0.15) is 35.4 Å². The second kappa shape index (κ2) is 13.7. The van der Waals surface area contributed by atoms with Gasteiger partial charge in [-0.05, 0) is 45.9 Å². The molecule has 5 rings (SSSR count). The fourth-order valence-corrected chi connectivity index (χ4v) is 5.52. The summed E-state index contributed by atoms with van der Waals surface area (Å²) < 4.78 is 10.6. The molecule has 1 aliphatic rings. The number of hydrogen-bond donors (Lipinski definition) is 3. The number of carboxylic acid groups (broad SMARTS) is 1. The number of benzene rings is 4. The van der Waals surface area contributed by atoms with E-state index in [0.717, 1.165) is 33.4 Å². The number of carboxylic acids is 1. The minimum absolute atomic E-state index is 0.0288. The summed E-state index contributed by atoms with van der Waals surface area (Å²) in [5, 5.41) is 14.8. The molecule has 4 aromatic carbocycles. The molecule has 0 saturated heterocycles. The van der Waals surface area contributed by atoms with Crippen LogP contribution in [0.3, 0.4) is 0 Å². The number of carbonyl (C=O) groups excluding carboxylic acids is 3. The molecule has 3 N–H and O–H groups in total. The van der Waals surface area contributed by atoms with Gasteiger partial charge >= 0.3 is 18.0 Å². The van der Waals surface area contributed by atoms with Crippen molar-refractivity contribution >= 4 is 23.9 Å². The van der Waals surface area contributed by atoms with Crippen LogP contribution in [0.4, 0.5) is 4.79 Å². The topological polar surface area (TPSA) is 131 Å². The van der Waals surface area contributed by atoms with E-state index in [9.17, 15) is 24.3 Å². The zero-order valence-corrected chi connectivity index (χ0v) is 24.1. The Morgan fingerprint density at radius 3 is 1.91 bits per heavy atom. The van der Waals surface area contributed by atoms with E-state index < -0.39 is 42.4 Å². The highest BCUT2D eigenvalue weighted by Crippen LogP contribution is 2.44. The molecule has 2 unspecified atom stereocenters. The third-order valence-corrected chi connectivity index (χ3v) is 7.57. The van der Waals surface area contributed by atoms with E-state index >= 15 is 0 Å². The zero-order valence-electron chi connectivity index (χ0n) is 24.1. The minimum Gasteiger partial charge on any atom is -0.480 e. The highest BCUT2D eigenvalue weighted by Gasteiger charge is 2.37. The molecule has 0 radical (unpaired) electrons. The number of rotatable bonds is 11. The Morgan fingerprint density at radius 2 is 1.32 bits per heavy atom. The van der Waals surface area contributed by atoms with E-state index in [1.165, 1.54) is 0 Å². The maximum Gasteiger partial charge on any atom is 0.407 e. The van der Waals surface area contributed by atoms with Crippen molar-refractivity contribution in [3.8, 4) is 22.3 Å². The van der Waals surface area contributed by atoms with Crippen LogP contribution in [0.5, 0.6) is 0 Å². The van der Waals surface area contributed by atoms with E-state index in [-0.39, 0.29) is 19.1 Å². The number of aliphatic carboxylic acids is 1. The highest BCUT2D eigenvalue weighted by atomic mass is 16.5. The van der Waals surface area contributed by atoms with E-state index in [2.05, 4.69) is 10.6 Å². The number of carbonyl (C=O) groups is 4. The van der Waals surface area contributed by atoms with Crippen molar-refractivity contribution in [3.63, 3.8) is 0 Å². The molecule has 2 amide bonds. The van der Waals surface area contributed by atoms with Crippen LogP contribution in [0, 0.1) is 0 Å². The average Bonchev–Trinajstić information content (AvgIpc) is 3.37. The van der Waals surface area contributed by atoms with Crippen molar-refractivity contribution in [2.24, 2.45) is 0 Å². The third-order valence-electron chi connectivity index (χ3n) is 7.57. The maximum absolute atomic E-state index is 13.0. The van der Waals surface area contributed by atoms with Crippen molar-refractivity contribution < 1.29 is 33.8 Å². The molecule has 0 spiro atoms. The fourth-order valence-electron chi connectivity index (χ4n) is 5.52. The van der Waals surface area contributed by atoms with Gasteiger partial charge in [0.15, 0.2) is 0 Å². The first-order valence-corrected chi connectivity index (χ1v) is 14.3. The first-order chi connectivity index (χ1) is 21.4. The Hall–Kier alpha value is -5.44. The van der Waals surface area contributed by atoms with Gasteiger partial charge in [-0.1, -0.05) is 103 Å². The van der Waals surface area contributed by atoms with Crippen LogP contribution in [-0.4, -0.2) is 54.8 Å². The van der Waals surface area contributed by atoms with Gasteiger partial charge in [0.2, 0.25) is 5.91 Å². The second-order valence-electron chi connectivity index (χ2n) is 10.3. The quantitative estimate of drug-likeness (QED) is 0.206. The number of esters is 1. The summed E-state index contributed by atoms with van der Waals surface area (Å²) >= 11 is 0. The minimum atomic E-state index is -1.64. The molecule has 0 heterocycles. The molecule has 0 fully saturated rings. The van der Waals surface area contributed by atoms with Crippen molar-refractivity contribution in [1.82, 2.24) is 10.6 Å². The van der Waals surface area contributed by atoms with Crippen molar-refractivity contribution in [1.29, 1.82) is 0 Å². The molecule has 1 aliphatic carbocycles. The van der Waals surface area contributed by atoms with Crippen LogP contribution in [0.15, 0.2) is 103 Å². The lowest BCUT2D eigenvalue weighted by Crippen LogP contribution is -2.50. The van der Waals surface area contributed by atoms with E-state index in [4.69, 9.17) is 9.47 Å². The van der Waals surface area contributed by atoms with Crippen molar-refractivity contribution in [2.75, 3.05) is 19.8 Å². The molecule has 0 saturated carbocycles. The summed E-state index contributed by atoms with van der Waals surface area (Å²) in [6, 6.07) is 30.6. The van der Waals surface area contributed by atoms with Crippen LogP contribution >= 0.6 is 0 Å². The molecule has 9 heteroatoms. The molecule has 0 aromatic heterocycles. The molecular weight excluding hydrogens is 560 g/mol. The predicted octanol–water partition coefficient (Wildman–Crippen LogP) is 5.11. The molecule has 224 valence electrons. The van der Waals surface area contributed by atoms with Crippen molar-refractivity contribution in [2.45, 2.75) is 24.8 Å². The first kappa shape index (κ1) is 30.0. The standard InChI is InChI=1S/C35H32N2O7/c1-2-43-34(41)31(24-18-16-23(17-19-24)22-10-4-3-5-11-22)32(33(39)40)37-30(38)20-36-35(42)44-21-29-27-14-8-6-12-25(27)26-13-7-9-15-28(26)29/h3-19,29,31-32H,2,20-21H2,1H3,(H,36,42)(H,37,38)(H,39,40). The largest absolute Gasteiger partial charge is 0.480 e.